The number of methoxy groups -OCH3 is 1. The number of hydrogen-bond donors (Lipinski definition) is 2. The van der Waals surface area contributed by atoms with Crippen molar-refractivity contribution >= 4 is 16.9 Å². The molecule has 0 bridgehead atoms. The number of anilines is 1. The van der Waals surface area contributed by atoms with Crippen molar-refractivity contribution in [1.82, 2.24) is 24.9 Å². The molecule has 0 saturated carbocycles. The minimum Gasteiger partial charge on any atom is -0.497 e. The van der Waals surface area contributed by atoms with Crippen molar-refractivity contribution in [3.8, 4) is 17.0 Å². The molecule has 1 saturated heterocycles. The molecule has 0 amide bonds. The molecule has 0 unspecified atom stereocenters. The van der Waals surface area contributed by atoms with E-state index in [4.69, 9.17) is 9.72 Å². The molecule has 0 spiro atoms. The highest BCUT2D eigenvalue weighted by Gasteiger charge is 2.35. The molecular formula is C24H28N6O. The summed E-state index contributed by atoms with van der Waals surface area (Å²) >= 11 is 0. The van der Waals surface area contributed by atoms with Crippen molar-refractivity contribution in [1.29, 1.82) is 0 Å². The Morgan fingerprint density at radius 2 is 1.77 bits per heavy atom. The number of nitrogens with zero attached hydrogens (tertiary/aromatic N) is 4. The van der Waals surface area contributed by atoms with Crippen molar-refractivity contribution in [3.63, 3.8) is 0 Å². The lowest BCUT2D eigenvalue weighted by atomic mass is 9.79. The lowest BCUT2D eigenvalue weighted by Gasteiger charge is -2.38. The van der Waals surface area contributed by atoms with E-state index in [-0.39, 0.29) is 5.41 Å². The van der Waals surface area contributed by atoms with E-state index in [2.05, 4.69) is 63.8 Å². The largest absolute Gasteiger partial charge is 0.497 e. The molecule has 1 aliphatic heterocycles. The van der Waals surface area contributed by atoms with Gasteiger partial charge in [-0.05, 0) is 57.0 Å². The average Bonchev–Trinajstić information content (AvgIpc) is 3.36. The van der Waals surface area contributed by atoms with Crippen molar-refractivity contribution in [2.75, 3.05) is 25.1 Å². The summed E-state index contributed by atoms with van der Waals surface area (Å²) in [5.74, 6) is 2.95. The fourth-order valence-corrected chi connectivity index (χ4v) is 4.54. The van der Waals surface area contributed by atoms with Crippen LogP contribution in [-0.2, 0) is 5.41 Å². The standard InChI is InChI=1S/C24H28N6O/c1-15-13-19-21(27-15)25-14-26-22(19)30-11-9-24(3,10-12-30)23-28-16(2)20(29-23)17-5-7-18(31-4)8-6-17/h5-8,13-14H,9-12H2,1-4H3,(H,28,29)(H,25,26,27). The van der Waals surface area contributed by atoms with Gasteiger partial charge in [0.05, 0.1) is 23.9 Å². The second-order valence-electron chi connectivity index (χ2n) is 8.73. The fourth-order valence-electron chi connectivity index (χ4n) is 4.54. The summed E-state index contributed by atoms with van der Waals surface area (Å²) in [6.45, 7) is 8.31. The maximum atomic E-state index is 5.28. The first-order chi connectivity index (χ1) is 15.0. The maximum Gasteiger partial charge on any atom is 0.143 e. The Morgan fingerprint density at radius 3 is 2.48 bits per heavy atom. The summed E-state index contributed by atoms with van der Waals surface area (Å²) in [6, 6.07) is 10.3. The van der Waals surface area contributed by atoms with Gasteiger partial charge in [-0.2, -0.15) is 0 Å². The quantitative estimate of drug-likeness (QED) is 0.511. The Bertz CT molecular complexity index is 1210. The van der Waals surface area contributed by atoms with Crippen LogP contribution in [0, 0.1) is 13.8 Å². The van der Waals surface area contributed by atoms with Crippen LogP contribution in [0.15, 0.2) is 36.7 Å². The zero-order valence-corrected chi connectivity index (χ0v) is 18.5. The van der Waals surface area contributed by atoms with Gasteiger partial charge in [0.1, 0.15) is 29.4 Å². The number of H-pyrrole nitrogens is 2. The molecule has 4 aromatic rings. The fraction of sp³-hybridized carbons (Fsp3) is 0.375. The Morgan fingerprint density at radius 1 is 1.03 bits per heavy atom. The van der Waals surface area contributed by atoms with Gasteiger partial charge in [0.2, 0.25) is 0 Å². The van der Waals surface area contributed by atoms with Crippen LogP contribution in [-0.4, -0.2) is 45.1 Å². The molecule has 0 aliphatic carbocycles. The van der Waals surface area contributed by atoms with Crippen LogP contribution in [0.5, 0.6) is 5.75 Å². The topological polar surface area (TPSA) is 82.7 Å². The Labute approximate surface area is 181 Å². The third-order valence-corrected chi connectivity index (χ3v) is 6.54. The van der Waals surface area contributed by atoms with Gasteiger partial charge < -0.3 is 19.6 Å². The highest BCUT2D eigenvalue weighted by molar-refractivity contribution is 5.88. The number of rotatable bonds is 4. The van der Waals surface area contributed by atoms with E-state index in [1.54, 1.807) is 13.4 Å². The Balaban J connectivity index is 1.37. The minimum atomic E-state index is 0.00614. The summed E-state index contributed by atoms with van der Waals surface area (Å²) in [6.07, 6.45) is 3.67. The normalized spacial score (nSPS) is 16.1. The molecular weight excluding hydrogens is 388 g/mol. The van der Waals surface area contributed by atoms with Gasteiger partial charge >= 0.3 is 0 Å². The van der Waals surface area contributed by atoms with E-state index in [1.165, 1.54) is 0 Å². The zero-order chi connectivity index (χ0) is 21.6. The third-order valence-electron chi connectivity index (χ3n) is 6.54. The van der Waals surface area contributed by atoms with Gasteiger partial charge in [0.25, 0.3) is 0 Å². The van der Waals surface area contributed by atoms with Gasteiger partial charge in [0, 0.05) is 29.8 Å². The second-order valence-corrected chi connectivity index (χ2v) is 8.73. The van der Waals surface area contributed by atoms with Gasteiger partial charge in [-0.3, -0.25) is 0 Å². The summed E-state index contributed by atoms with van der Waals surface area (Å²) in [7, 11) is 1.69. The molecule has 0 atom stereocenters. The highest BCUT2D eigenvalue weighted by Crippen LogP contribution is 2.37. The van der Waals surface area contributed by atoms with Crippen LogP contribution >= 0.6 is 0 Å². The van der Waals surface area contributed by atoms with E-state index in [0.29, 0.717) is 0 Å². The van der Waals surface area contributed by atoms with E-state index >= 15 is 0 Å². The van der Waals surface area contributed by atoms with Gasteiger partial charge in [-0.15, -0.1) is 0 Å². The molecule has 1 fully saturated rings. The zero-order valence-electron chi connectivity index (χ0n) is 18.5. The molecule has 0 radical (unpaired) electrons. The lowest BCUT2D eigenvalue weighted by molar-refractivity contribution is 0.345. The van der Waals surface area contributed by atoms with Gasteiger partial charge in [-0.25, -0.2) is 15.0 Å². The van der Waals surface area contributed by atoms with Crippen LogP contribution < -0.4 is 9.64 Å². The predicted octanol–water partition coefficient (Wildman–Crippen LogP) is 4.53. The molecule has 3 aromatic heterocycles. The third kappa shape index (κ3) is 3.44. The summed E-state index contributed by atoms with van der Waals surface area (Å²) in [4.78, 5) is 23.2. The summed E-state index contributed by atoms with van der Waals surface area (Å²) in [5.41, 5.74) is 5.26. The number of imidazole rings is 1. The highest BCUT2D eigenvalue weighted by atomic mass is 16.5. The van der Waals surface area contributed by atoms with Crippen LogP contribution in [0.4, 0.5) is 5.82 Å². The van der Waals surface area contributed by atoms with Crippen LogP contribution in [0.3, 0.4) is 0 Å². The number of piperidine rings is 1. The van der Waals surface area contributed by atoms with Crippen LogP contribution in [0.25, 0.3) is 22.3 Å². The number of aromatic nitrogens is 5. The van der Waals surface area contributed by atoms with Crippen molar-refractivity contribution < 1.29 is 4.74 Å². The van der Waals surface area contributed by atoms with Gasteiger partial charge in [0.15, 0.2) is 0 Å². The SMILES string of the molecule is COc1ccc(-c2[nH]c(C3(C)CCN(c4ncnc5[nH]c(C)cc45)CC3)nc2C)cc1. The first-order valence-electron chi connectivity index (χ1n) is 10.7. The molecule has 1 aromatic carbocycles. The Kier molecular flexibility index (Phi) is 4.68. The molecule has 160 valence electrons. The molecule has 31 heavy (non-hydrogen) atoms. The number of ether oxygens (including phenoxy) is 1. The van der Waals surface area contributed by atoms with Crippen molar-refractivity contribution in [2.24, 2.45) is 0 Å². The smallest absolute Gasteiger partial charge is 0.143 e. The van der Waals surface area contributed by atoms with Crippen LogP contribution in [0.1, 0.15) is 37.0 Å². The summed E-state index contributed by atoms with van der Waals surface area (Å²) < 4.78 is 5.28. The molecule has 1 aliphatic rings. The number of hydrogen-bond acceptors (Lipinski definition) is 5. The van der Waals surface area contributed by atoms with Crippen molar-refractivity contribution in [3.05, 3.63) is 53.9 Å². The monoisotopic (exact) mass is 416 g/mol. The number of fused-ring (bicyclic) bond motifs is 1. The number of benzene rings is 1. The molecule has 7 heteroatoms. The lowest BCUT2D eigenvalue weighted by Crippen LogP contribution is -2.42. The van der Waals surface area contributed by atoms with E-state index in [0.717, 1.165) is 77.0 Å². The molecule has 2 N–H and O–H groups in total. The van der Waals surface area contributed by atoms with Gasteiger partial charge in [-0.1, -0.05) is 6.92 Å². The number of aryl methyl sites for hydroxylation is 2. The Hall–Kier alpha value is -3.35. The number of aromatic amines is 2. The average molecular weight is 417 g/mol. The molecule has 4 heterocycles. The first-order valence-corrected chi connectivity index (χ1v) is 10.7. The van der Waals surface area contributed by atoms with E-state index in [1.807, 2.05) is 12.1 Å². The number of nitrogens with one attached hydrogen (secondary N) is 2. The van der Waals surface area contributed by atoms with Crippen molar-refractivity contribution in [2.45, 2.75) is 39.0 Å². The maximum absolute atomic E-state index is 5.28. The molecule has 7 nitrogen and oxygen atoms in total. The van der Waals surface area contributed by atoms with Crippen LogP contribution in [0.2, 0.25) is 0 Å². The van der Waals surface area contributed by atoms with E-state index < -0.39 is 0 Å². The minimum absolute atomic E-state index is 0.00614. The summed E-state index contributed by atoms with van der Waals surface area (Å²) in [5, 5.41) is 1.10. The van der Waals surface area contributed by atoms with E-state index in [9.17, 15) is 0 Å². The molecule has 5 rings (SSSR count). The second kappa shape index (κ2) is 7.41. The predicted molar refractivity (Wildman–Crippen MR) is 123 cm³/mol. The first kappa shape index (κ1) is 19.6.